The number of quaternary nitrogens is 1. The predicted molar refractivity (Wildman–Crippen MR) is 143 cm³/mol. The Kier molecular flexibility index (Phi) is 7.51. The van der Waals surface area contributed by atoms with Gasteiger partial charge in [-0.2, -0.15) is 0 Å². The minimum atomic E-state index is -0.886. The highest BCUT2D eigenvalue weighted by Gasteiger charge is 2.35. The van der Waals surface area contributed by atoms with Crippen LogP contribution in [0.3, 0.4) is 0 Å². The summed E-state index contributed by atoms with van der Waals surface area (Å²) in [6, 6.07) is 23.0. The Morgan fingerprint density at radius 2 is 1.83 bits per heavy atom. The Balaban J connectivity index is 1.70. The van der Waals surface area contributed by atoms with Crippen molar-refractivity contribution in [2.75, 3.05) is 26.0 Å². The van der Waals surface area contributed by atoms with E-state index in [1.807, 2.05) is 79.7 Å². The lowest BCUT2D eigenvalue weighted by Gasteiger charge is -2.33. The number of aliphatic hydroxyl groups is 1. The van der Waals surface area contributed by atoms with Gasteiger partial charge in [-0.15, -0.1) is 0 Å². The second kappa shape index (κ2) is 10.8. The molecule has 4 rings (SSSR count). The third-order valence-electron chi connectivity index (χ3n) is 5.78. The van der Waals surface area contributed by atoms with Crippen LogP contribution >= 0.6 is 0 Å². The summed E-state index contributed by atoms with van der Waals surface area (Å²) in [5.41, 5.74) is 5.62. The highest BCUT2D eigenvalue weighted by molar-refractivity contribution is 6.08. The van der Waals surface area contributed by atoms with Gasteiger partial charge in [-0.1, -0.05) is 54.5 Å². The lowest BCUT2D eigenvalue weighted by atomic mass is 9.89. The molecule has 3 aromatic carbocycles. The number of nitrogens with one attached hydrogen (secondary N) is 2. The number of carbonyl (C=O) groups is 1. The molecule has 1 amide bonds. The van der Waals surface area contributed by atoms with E-state index in [1.54, 1.807) is 14.1 Å². The molecule has 0 aliphatic carbocycles. The minimum Gasteiger partial charge on any atom is -0.633 e. The number of hydrogen-bond donors (Lipinski definition) is 3. The van der Waals surface area contributed by atoms with Crippen LogP contribution in [0.4, 0.5) is 11.4 Å². The molecular weight excluding hydrogens is 452 g/mol. The van der Waals surface area contributed by atoms with E-state index < -0.39 is 16.8 Å². The number of benzene rings is 3. The van der Waals surface area contributed by atoms with Gasteiger partial charge < -0.3 is 25.6 Å². The molecule has 2 unspecified atom stereocenters. The number of rotatable bonds is 6. The fourth-order valence-corrected chi connectivity index (χ4v) is 4.25. The van der Waals surface area contributed by atoms with Crippen molar-refractivity contribution < 1.29 is 14.5 Å². The van der Waals surface area contributed by atoms with Gasteiger partial charge >= 0.3 is 0 Å². The van der Waals surface area contributed by atoms with Crippen LogP contribution in [-0.2, 0) is 11.3 Å². The topological polar surface area (TPSA) is 96.8 Å². The zero-order valence-corrected chi connectivity index (χ0v) is 20.7. The first-order chi connectivity index (χ1) is 17.2. The van der Waals surface area contributed by atoms with Crippen LogP contribution < -0.4 is 10.6 Å². The summed E-state index contributed by atoms with van der Waals surface area (Å²) in [7, 11) is 3.23. The number of nitrogens with zero attached hydrogens (tertiary/aromatic N) is 2. The van der Waals surface area contributed by atoms with Gasteiger partial charge in [-0.05, 0) is 42.3 Å². The molecule has 3 aromatic rings. The molecule has 0 fully saturated rings. The third kappa shape index (κ3) is 6.18. The first kappa shape index (κ1) is 25.1. The van der Waals surface area contributed by atoms with E-state index in [9.17, 15) is 15.1 Å². The van der Waals surface area contributed by atoms with Crippen molar-refractivity contribution in [2.45, 2.75) is 25.6 Å². The molecule has 0 radical (unpaired) electrons. The Morgan fingerprint density at radius 1 is 1.11 bits per heavy atom. The van der Waals surface area contributed by atoms with Crippen molar-refractivity contribution >= 4 is 23.0 Å². The van der Waals surface area contributed by atoms with Gasteiger partial charge in [0, 0.05) is 29.3 Å². The normalized spacial score (nSPS) is 17.0. The van der Waals surface area contributed by atoms with Gasteiger partial charge in [0.2, 0.25) is 0 Å². The molecule has 0 saturated carbocycles. The number of carbonyl (C=O) groups excluding carboxylic acids is 1. The standard InChI is InChI=1S/C29H30N4O3/c1-4-30-26(34)17-13-20-12-16-24-25(18-20)32-29(35)27(24)28(22-8-6-5-7-9-22)31-23-14-10-21(11-15-23)19-33(2,3)36/h5-12,14-16,18,27,29,32,35H,4,19H2,1-3H3,(H,30,34). The van der Waals surface area contributed by atoms with E-state index in [1.165, 1.54) is 0 Å². The van der Waals surface area contributed by atoms with Gasteiger partial charge in [-0.3, -0.25) is 9.79 Å². The fourth-order valence-electron chi connectivity index (χ4n) is 4.25. The van der Waals surface area contributed by atoms with Crippen LogP contribution in [-0.4, -0.2) is 48.2 Å². The van der Waals surface area contributed by atoms with Gasteiger partial charge in [0.25, 0.3) is 5.91 Å². The monoisotopic (exact) mass is 482 g/mol. The molecule has 0 spiro atoms. The molecule has 3 N–H and O–H groups in total. The first-order valence-electron chi connectivity index (χ1n) is 11.9. The highest BCUT2D eigenvalue weighted by atomic mass is 16.5. The number of amides is 1. The van der Waals surface area contributed by atoms with E-state index in [4.69, 9.17) is 4.99 Å². The zero-order chi connectivity index (χ0) is 25.7. The van der Waals surface area contributed by atoms with Crippen molar-refractivity contribution in [2.24, 2.45) is 4.99 Å². The van der Waals surface area contributed by atoms with Crippen molar-refractivity contribution in [3.8, 4) is 11.8 Å². The van der Waals surface area contributed by atoms with Crippen LogP contribution in [0, 0.1) is 17.0 Å². The molecule has 7 nitrogen and oxygen atoms in total. The van der Waals surface area contributed by atoms with E-state index in [2.05, 4.69) is 22.5 Å². The number of aliphatic hydroxyl groups excluding tert-OH is 1. The van der Waals surface area contributed by atoms with Crippen LogP contribution in [0.5, 0.6) is 0 Å². The number of anilines is 1. The number of aliphatic imine (C=N–C) groups is 1. The summed E-state index contributed by atoms with van der Waals surface area (Å²) < 4.78 is -0.399. The lowest BCUT2D eigenvalue weighted by molar-refractivity contribution is -0.853. The average Bonchev–Trinajstić information content (AvgIpc) is 3.17. The van der Waals surface area contributed by atoms with Crippen molar-refractivity contribution in [1.82, 2.24) is 5.32 Å². The fraction of sp³-hybridized carbons (Fsp3) is 0.241. The first-order valence-corrected chi connectivity index (χ1v) is 11.9. The van der Waals surface area contributed by atoms with Gasteiger partial charge in [0.1, 0.15) is 12.8 Å². The summed E-state index contributed by atoms with van der Waals surface area (Å²) in [6.07, 6.45) is -0.886. The average molecular weight is 483 g/mol. The Labute approximate surface area is 211 Å². The van der Waals surface area contributed by atoms with E-state index >= 15 is 0 Å². The van der Waals surface area contributed by atoms with Gasteiger partial charge in [0.15, 0.2) is 0 Å². The molecule has 1 aliphatic heterocycles. The summed E-state index contributed by atoms with van der Waals surface area (Å²) in [5, 5.41) is 28.9. The number of fused-ring (bicyclic) bond motifs is 1. The Hall–Kier alpha value is -3.96. The van der Waals surface area contributed by atoms with Crippen LogP contribution in [0.25, 0.3) is 0 Å². The van der Waals surface area contributed by atoms with Crippen molar-refractivity contribution in [3.63, 3.8) is 0 Å². The van der Waals surface area contributed by atoms with Gasteiger partial charge in [0.05, 0.1) is 31.4 Å². The predicted octanol–water partition coefficient (Wildman–Crippen LogP) is 3.90. The third-order valence-corrected chi connectivity index (χ3v) is 5.78. The minimum absolute atomic E-state index is 0.328. The molecular formula is C29H30N4O3. The van der Waals surface area contributed by atoms with E-state index in [0.717, 1.165) is 33.8 Å². The van der Waals surface area contributed by atoms with Gasteiger partial charge in [-0.25, -0.2) is 0 Å². The largest absolute Gasteiger partial charge is 0.633 e. The molecule has 1 heterocycles. The Morgan fingerprint density at radius 3 is 2.50 bits per heavy atom. The summed E-state index contributed by atoms with van der Waals surface area (Å²) >= 11 is 0. The summed E-state index contributed by atoms with van der Waals surface area (Å²) in [5.74, 6) is 4.71. The zero-order valence-electron chi connectivity index (χ0n) is 20.7. The second-order valence-corrected chi connectivity index (χ2v) is 9.24. The van der Waals surface area contributed by atoms with E-state index in [0.29, 0.717) is 18.7 Å². The maximum Gasteiger partial charge on any atom is 0.296 e. The van der Waals surface area contributed by atoms with Crippen LogP contribution in [0.15, 0.2) is 77.8 Å². The number of hydroxylamine groups is 3. The molecule has 0 bridgehead atoms. The second-order valence-electron chi connectivity index (χ2n) is 9.24. The van der Waals surface area contributed by atoms with Crippen molar-refractivity contribution in [3.05, 3.63) is 100 Å². The van der Waals surface area contributed by atoms with Crippen LogP contribution in [0.2, 0.25) is 0 Å². The molecule has 184 valence electrons. The smallest absolute Gasteiger partial charge is 0.296 e. The SMILES string of the molecule is CCNC(=O)C#Cc1ccc2c(c1)NC(O)C2C(=Nc1ccc(C[N+](C)(C)[O-])cc1)c1ccccc1. The highest BCUT2D eigenvalue weighted by Crippen LogP contribution is 2.39. The molecule has 36 heavy (non-hydrogen) atoms. The Bertz CT molecular complexity index is 1320. The molecule has 1 aliphatic rings. The van der Waals surface area contributed by atoms with E-state index in [-0.39, 0.29) is 5.91 Å². The van der Waals surface area contributed by atoms with Crippen LogP contribution in [0.1, 0.15) is 35.1 Å². The molecule has 0 aromatic heterocycles. The molecule has 2 atom stereocenters. The summed E-state index contributed by atoms with van der Waals surface area (Å²) in [6.45, 7) is 2.74. The van der Waals surface area contributed by atoms with Crippen molar-refractivity contribution in [1.29, 1.82) is 0 Å². The maximum atomic E-state index is 12.0. The molecule has 7 heteroatoms. The maximum absolute atomic E-state index is 12.0. The molecule has 0 saturated heterocycles. The number of hydrogen-bond acceptors (Lipinski definition) is 5. The quantitative estimate of drug-likeness (QED) is 0.215. The lowest BCUT2D eigenvalue weighted by Crippen LogP contribution is -2.30. The summed E-state index contributed by atoms with van der Waals surface area (Å²) in [4.78, 5) is 16.6.